The van der Waals surface area contributed by atoms with Crippen molar-refractivity contribution >= 4 is 10.0 Å². The fraction of sp³-hybridized carbons (Fsp3) is 1.00. The Morgan fingerprint density at radius 3 is 2.39 bits per heavy atom. The fourth-order valence-corrected chi connectivity index (χ4v) is 4.11. The van der Waals surface area contributed by atoms with Gasteiger partial charge in [-0.3, -0.25) is 0 Å². The second-order valence-corrected chi connectivity index (χ2v) is 9.36. The van der Waals surface area contributed by atoms with E-state index in [1.807, 2.05) is 0 Å². The van der Waals surface area contributed by atoms with Crippen LogP contribution in [0.25, 0.3) is 0 Å². The first-order valence-electron chi connectivity index (χ1n) is 9.18. The quantitative estimate of drug-likeness (QED) is 0.534. The first kappa shape index (κ1) is 20.9. The molecule has 2 unspecified atom stereocenters. The largest absolute Gasteiger partial charge is 0.392 e. The number of sulfonamides is 1. The minimum Gasteiger partial charge on any atom is -0.392 e. The third kappa shape index (κ3) is 11.1. The SMILES string of the molecule is CC(C)CC(O)CNC(CCC1CCCCC1)CCS(N)(=O)=O. The molecular formula is C17H36N2O3S. The van der Waals surface area contributed by atoms with Gasteiger partial charge in [0.2, 0.25) is 10.0 Å². The van der Waals surface area contributed by atoms with E-state index in [2.05, 4.69) is 19.2 Å². The van der Waals surface area contributed by atoms with E-state index in [0.717, 1.165) is 25.2 Å². The van der Waals surface area contributed by atoms with Crippen molar-refractivity contribution in [2.24, 2.45) is 17.0 Å². The highest BCUT2D eigenvalue weighted by Gasteiger charge is 2.18. The van der Waals surface area contributed by atoms with Crippen LogP contribution < -0.4 is 10.5 Å². The second kappa shape index (κ2) is 10.6. The number of rotatable bonds is 11. The summed E-state index contributed by atoms with van der Waals surface area (Å²) in [6, 6.07) is 0.122. The average molecular weight is 349 g/mol. The number of primary sulfonamides is 1. The normalized spacial score (nSPS) is 19.9. The molecule has 6 heteroatoms. The van der Waals surface area contributed by atoms with Gasteiger partial charge in [0.05, 0.1) is 11.9 Å². The summed E-state index contributed by atoms with van der Waals surface area (Å²) in [5.41, 5.74) is 0. The maximum atomic E-state index is 11.2. The van der Waals surface area contributed by atoms with Crippen molar-refractivity contribution in [3.63, 3.8) is 0 Å². The Morgan fingerprint density at radius 2 is 1.83 bits per heavy atom. The smallest absolute Gasteiger partial charge is 0.209 e. The average Bonchev–Trinajstić information content (AvgIpc) is 2.45. The Morgan fingerprint density at radius 1 is 1.17 bits per heavy atom. The Kier molecular flexibility index (Phi) is 9.66. The Bertz CT molecular complexity index is 406. The van der Waals surface area contributed by atoms with Crippen molar-refractivity contribution in [1.29, 1.82) is 0 Å². The summed E-state index contributed by atoms with van der Waals surface area (Å²) in [5.74, 6) is 1.25. The molecule has 0 aromatic carbocycles. The van der Waals surface area contributed by atoms with Crippen LogP contribution in [0.1, 0.15) is 71.6 Å². The molecule has 138 valence electrons. The summed E-state index contributed by atoms with van der Waals surface area (Å²) >= 11 is 0. The fourth-order valence-electron chi connectivity index (χ4n) is 3.50. The van der Waals surface area contributed by atoms with Crippen LogP contribution in [0.3, 0.4) is 0 Å². The Hall–Kier alpha value is -0.170. The Balaban J connectivity index is 2.40. The van der Waals surface area contributed by atoms with Gasteiger partial charge in [0.25, 0.3) is 0 Å². The molecule has 0 saturated heterocycles. The zero-order chi connectivity index (χ0) is 17.3. The van der Waals surface area contributed by atoms with Crippen LogP contribution in [0, 0.1) is 11.8 Å². The van der Waals surface area contributed by atoms with Crippen molar-refractivity contribution in [3.05, 3.63) is 0 Å². The lowest BCUT2D eigenvalue weighted by atomic mass is 9.85. The van der Waals surface area contributed by atoms with Gasteiger partial charge in [-0.2, -0.15) is 0 Å². The van der Waals surface area contributed by atoms with E-state index < -0.39 is 10.0 Å². The van der Waals surface area contributed by atoms with E-state index in [-0.39, 0.29) is 17.9 Å². The van der Waals surface area contributed by atoms with Gasteiger partial charge in [0, 0.05) is 12.6 Å². The molecule has 1 rings (SSSR count). The molecule has 0 heterocycles. The molecule has 1 fully saturated rings. The van der Waals surface area contributed by atoms with Crippen LogP contribution in [-0.4, -0.2) is 38.0 Å². The van der Waals surface area contributed by atoms with E-state index in [1.54, 1.807) is 0 Å². The van der Waals surface area contributed by atoms with Crippen LogP contribution in [0.2, 0.25) is 0 Å². The maximum absolute atomic E-state index is 11.2. The molecular weight excluding hydrogens is 312 g/mol. The second-order valence-electron chi connectivity index (χ2n) is 7.63. The third-order valence-electron chi connectivity index (χ3n) is 4.78. The molecule has 0 aromatic heterocycles. The van der Waals surface area contributed by atoms with Crippen molar-refractivity contribution < 1.29 is 13.5 Å². The molecule has 0 amide bonds. The zero-order valence-electron chi connectivity index (χ0n) is 14.8. The van der Waals surface area contributed by atoms with Gasteiger partial charge in [0.15, 0.2) is 0 Å². The van der Waals surface area contributed by atoms with Crippen molar-refractivity contribution in [2.45, 2.75) is 83.8 Å². The lowest BCUT2D eigenvalue weighted by Gasteiger charge is -2.26. The highest BCUT2D eigenvalue weighted by Crippen LogP contribution is 2.28. The van der Waals surface area contributed by atoms with Crippen molar-refractivity contribution in [3.8, 4) is 0 Å². The third-order valence-corrected chi connectivity index (χ3v) is 5.59. The highest BCUT2D eigenvalue weighted by molar-refractivity contribution is 7.89. The van der Waals surface area contributed by atoms with E-state index in [9.17, 15) is 13.5 Å². The summed E-state index contributed by atoms with van der Waals surface area (Å²) in [6.07, 6.45) is 9.64. The van der Waals surface area contributed by atoms with Crippen LogP contribution in [0.4, 0.5) is 0 Å². The van der Waals surface area contributed by atoms with Crippen molar-refractivity contribution in [2.75, 3.05) is 12.3 Å². The summed E-state index contributed by atoms with van der Waals surface area (Å²) in [6.45, 7) is 4.70. The van der Waals surface area contributed by atoms with Crippen molar-refractivity contribution in [1.82, 2.24) is 5.32 Å². The molecule has 0 radical (unpaired) electrons. The molecule has 1 aliphatic carbocycles. The maximum Gasteiger partial charge on any atom is 0.209 e. The molecule has 23 heavy (non-hydrogen) atoms. The molecule has 4 N–H and O–H groups in total. The van der Waals surface area contributed by atoms with Gasteiger partial charge in [0.1, 0.15) is 0 Å². The van der Waals surface area contributed by atoms with Crippen LogP contribution in [0.5, 0.6) is 0 Å². The molecule has 0 aliphatic heterocycles. The van der Waals surface area contributed by atoms with Gasteiger partial charge < -0.3 is 10.4 Å². The summed E-state index contributed by atoms with van der Waals surface area (Å²) in [7, 11) is -3.42. The first-order valence-corrected chi connectivity index (χ1v) is 10.9. The monoisotopic (exact) mass is 348 g/mol. The van der Waals surface area contributed by atoms with Crippen LogP contribution in [-0.2, 0) is 10.0 Å². The summed E-state index contributed by atoms with van der Waals surface area (Å²) in [4.78, 5) is 0. The van der Waals surface area contributed by atoms with Gasteiger partial charge in [-0.15, -0.1) is 0 Å². The topological polar surface area (TPSA) is 92.4 Å². The standard InChI is InChI=1S/C17H36N2O3S/c1-14(2)12-17(20)13-19-16(10-11-23(18,21)22)9-8-15-6-4-3-5-7-15/h14-17,19-20H,3-13H2,1-2H3,(H2,18,21,22). The number of aliphatic hydroxyl groups excluding tert-OH is 1. The van der Waals surface area contributed by atoms with Gasteiger partial charge >= 0.3 is 0 Å². The lowest BCUT2D eigenvalue weighted by molar-refractivity contribution is 0.140. The van der Waals surface area contributed by atoms with Gasteiger partial charge in [-0.05, 0) is 37.5 Å². The summed E-state index contributed by atoms with van der Waals surface area (Å²) < 4.78 is 22.5. The summed E-state index contributed by atoms with van der Waals surface area (Å²) in [5, 5.41) is 18.5. The van der Waals surface area contributed by atoms with E-state index >= 15 is 0 Å². The van der Waals surface area contributed by atoms with Crippen LogP contribution in [0.15, 0.2) is 0 Å². The van der Waals surface area contributed by atoms with Gasteiger partial charge in [-0.25, -0.2) is 13.6 Å². The predicted molar refractivity (Wildman–Crippen MR) is 95.7 cm³/mol. The predicted octanol–water partition coefficient (Wildman–Crippen LogP) is 2.39. The van der Waals surface area contributed by atoms with E-state index in [0.29, 0.717) is 18.9 Å². The van der Waals surface area contributed by atoms with E-state index in [4.69, 9.17) is 5.14 Å². The highest BCUT2D eigenvalue weighted by atomic mass is 32.2. The molecule has 0 spiro atoms. The molecule has 1 aliphatic rings. The van der Waals surface area contributed by atoms with E-state index in [1.165, 1.54) is 32.1 Å². The number of nitrogens with one attached hydrogen (secondary N) is 1. The molecule has 5 nitrogen and oxygen atoms in total. The molecule has 0 aromatic rings. The first-order chi connectivity index (χ1) is 10.8. The number of aliphatic hydroxyl groups is 1. The van der Waals surface area contributed by atoms with Crippen LogP contribution >= 0.6 is 0 Å². The molecule has 0 bridgehead atoms. The molecule has 2 atom stereocenters. The lowest BCUT2D eigenvalue weighted by Crippen LogP contribution is -2.38. The number of hydrogen-bond acceptors (Lipinski definition) is 4. The minimum absolute atomic E-state index is 0.00953. The molecule has 1 saturated carbocycles. The Labute approximate surface area is 142 Å². The number of hydrogen-bond donors (Lipinski definition) is 3. The zero-order valence-corrected chi connectivity index (χ0v) is 15.7. The van der Waals surface area contributed by atoms with Gasteiger partial charge in [-0.1, -0.05) is 46.0 Å². The number of nitrogens with two attached hydrogens (primary N) is 1. The minimum atomic E-state index is -3.42.